The summed E-state index contributed by atoms with van der Waals surface area (Å²) in [6, 6.07) is -0.256. The molecular weight excluding hydrogens is 300 g/mol. The second kappa shape index (κ2) is 6.29. The molecule has 1 amide bonds. The Kier molecular flexibility index (Phi) is 4.84. The molecule has 0 aliphatic carbocycles. The van der Waals surface area contributed by atoms with Gasteiger partial charge in [0.15, 0.2) is 6.10 Å². The Morgan fingerprint density at radius 2 is 1.90 bits per heavy atom. The Hall–Kier alpha value is -1.19. The van der Waals surface area contributed by atoms with Crippen molar-refractivity contribution in [3.8, 4) is 0 Å². The molecule has 120 valence electrons. The smallest absolute Gasteiger partial charge is 0.332 e. The SMILES string of the molecule is CS(=O)(=O)N1CCCC(NC(=O)[C@@H]2CC[C@H](C(=O)O)O2)C1. The number of carboxylic acids is 1. The summed E-state index contributed by atoms with van der Waals surface area (Å²) in [4.78, 5) is 22.8. The zero-order valence-corrected chi connectivity index (χ0v) is 12.6. The number of hydrogen-bond donors (Lipinski definition) is 2. The Morgan fingerprint density at radius 1 is 1.24 bits per heavy atom. The fourth-order valence-corrected chi connectivity index (χ4v) is 3.58. The molecule has 2 aliphatic heterocycles. The van der Waals surface area contributed by atoms with E-state index in [4.69, 9.17) is 9.84 Å². The minimum absolute atomic E-state index is 0.250. The molecule has 2 N–H and O–H groups in total. The molecule has 3 atom stereocenters. The van der Waals surface area contributed by atoms with Crippen LogP contribution in [0.4, 0.5) is 0 Å². The maximum absolute atomic E-state index is 12.0. The first-order valence-electron chi connectivity index (χ1n) is 6.91. The second-order valence-corrected chi connectivity index (χ2v) is 7.48. The van der Waals surface area contributed by atoms with Crippen LogP contribution >= 0.6 is 0 Å². The van der Waals surface area contributed by atoms with Crippen LogP contribution < -0.4 is 5.32 Å². The molecule has 0 bridgehead atoms. The van der Waals surface area contributed by atoms with Gasteiger partial charge in [0.25, 0.3) is 0 Å². The summed E-state index contributed by atoms with van der Waals surface area (Å²) in [6.07, 6.45) is 1.51. The fourth-order valence-electron chi connectivity index (χ4n) is 2.67. The molecule has 2 aliphatic rings. The molecule has 0 spiro atoms. The van der Waals surface area contributed by atoms with Gasteiger partial charge in [-0.1, -0.05) is 0 Å². The van der Waals surface area contributed by atoms with Crippen LogP contribution in [0.2, 0.25) is 0 Å². The van der Waals surface area contributed by atoms with Crippen molar-refractivity contribution < 1.29 is 27.9 Å². The summed E-state index contributed by atoms with van der Waals surface area (Å²) in [7, 11) is -3.26. The van der Waals surface area contributed by atoms with Crippen molar-refractivity contribution in [2.24, 2.45) is 0 Å². The monoisotopic (exact) mass is 320 g/mol. The third-order valence-corrected chi connectivity index (χ3v) is 5.06. The molecule has 0 aromatic heterocycles. The van der Waals surface area contributed by atoms with Gasteiger partial charge in [-0.15, -0.1) is 0 Å². The molecular formula is C12H20N2O6S. The van der Waals surface area contributed by atoms with Crippen molar-refractivity contribution in [1.82, 2.24) is 9.62 Å². The van der Waals surface area contributed by atoms with E-state index in [1.165, 1.54) is 4.31 Å². The van der Waals surface area contributed by atoms with Gasteiger partial charge < -0.3 is 15.2 Å². The number of carbonyl (C=O) groups excluding carboxylic acids is 1. The predicted molar refractivity (Wildman–Crippen MR) is 73.1 cm³/mol. The Balaban J connectivity index is 1.87. The van der Waals surface area contributed by atoms with Crippen LogP contribution in [0.3, 0.4) is 0 Å². The third kappa shape index (κ3) is 4.14. The van der Waals surface area contributed by atoms with E-state index in [-0.39, 0.29) is 18.5 Å². The summed E-state index contributed by atoms with van der Waals surface area (Å²) in [5.74, 6) is -1.43. The normalized spacial score (nSPS) is 31.0. The summed E-state index contributed by atoms with van der Waals surface area (Å²) >= 11 is 0. The van der Waals surface area contributed by atoms with Crippen molar-refractivity contribution in [3.05, 3.63) is 0 Å². The summed E-state index contributed by atoms with van der Waals surface area (Å²) in [5, 5.41) is 11.6. The molecule has 8 nitrogen and oxygen atoms in total. The van der Waals surface area contributed by atoms with E-state index in [0.29, 0.717) is 32.2 Å². The maximum Gasteiger partial charge on any atom is 0.332 e. The highest BCUT2D eigenvalue weighted by molar-refractivity contribution is 7.88. The molecule has 0 radical (unpaired) electrons. The number of piperidine rings is 1. The quantitative estimate of drug-likeness (QED) is 0.698. The number of nitrogens with zero attached hydrogens (tertiary/aromatic N) is 1. The largest absolute Gasteiger partial charge is 0.479 e. The third-order valence-electron chi connectivity index (χ3n) is 3.79. The molecule has 0 aromatic rings. The number of ether oxygens (including phenoxy) is 1. The molecule has 1 unspecified atom stereocenters. The van der Waals surface area contributed by atoms with E-state index in [1.807, 2.05) is 0 Å². The standard InChI is InChI=1S/C12H20N2O6S/c1-21(18,19)14-6-2-3-8(7-14)13-11(15)9-4-5-10(20-9)12(16)17/h8-10H,2-7H2,1H3,(H,13,15)(H,16,17)/t8?,9-,10+/m0/s1. The van der Waals surface area contributed by atoms with Crippen LogP contribution in [0.5, 0.6) is 0 Å². The number of aliphatic carboxylic acids is 1. The number of rotatable bonds is 4. The fraction of sp³-hybridized carbons (Fsp3) is 0.833. The first-order chi connectivity index (χ1) is 9.77. The molecule has 9 heteroatoms. The van der Waals surface area contributed by atoms with Gasteiger partial charge >= 0.3 is 5.97 Å². The van der Waals surface area contributed by atoms with E-state index in [0.717, 1.165) is 6.26 Å². The van der Waals surface area contributed by atoms with Gasteiger partial charge in [0, 0.05) is 19.1 Å². The van der Waals surface area contributed by atoms with Gasteiger partial charge in [0.05, 0.1) is 6.26 Å². The van der Waals surface area contributed by atoms with Crippen LogP contribution in [-0.2, 0) is 24.3 Å². The van der Waals surface area contributed by atoms with E-state index in [2.05, 4.69) is 5.32 Å². The number of amides is 1. The van der Waals surface area contributed by atoms with Gasteiger partial charge in [0.1, 0.15) is 6.10 Å². The molecule has 2 saturated heterocycles. The number of hydrogen-bond acceptors (Lipinski definition) is 5. The molecule has 0 aromatic carbocycles. The number of carbonyl (C=O) groups is 2. The number of nitrogens with one attached hydrogen (secondary N) is 1. The maximum atomic E-state index is 12.0. The van der Waals surface area contributed by atoms with Gasteiger partial charge in [-0.2, -0.15) is 0 Å². The first-order valence-corrected chi connectivity index (χ1v) is 8.76. The van der Waals surface area contributed by atoms with Gasteiger partial charge in [-0.05, 0) is 25.7 Å². The van der Waals surface area contributed by atoms with Crippen LogP contribution in [0.1, 0.15) is 25.7 Å². The Labute approximate surface area is 123 Å². The average molecular weight is 320 g/mol. The van der Waals surface area contributed by atoms with Crippen LogP contribution in [0.25, 0.3) is 0 Å². The lowest BCUT2D eigenvalue weighted by atomic mass is 10.1. The van der Waals surface area contributed by atoms with Gasteiger partial charge in [-0.3, -0.25) is 4.79 Å². The van der Waals surface area contributed by atoms with Gasteiger partial charge in [0.2, 0.25) is 15.9 Å². The predicted octanol–water partition coefficient (Wildman–Crippen LogP) is -0.841. The lowest BCUT2D eigenvalue weighted by Gasteiger charge is -2.31. The highest BCUT2D eigenvalue weighted by atomic mass is 32.2. The van der Waals surface area contributed by atoms with Crippen molar-refractivity contribution in [3.63, 3.8) is 0 Å². The van der Waals surface area contributed by atoms with Crippen molar-refractivity contribution in [1.29, 1.82) is 0 Å². The van der Waals surface area contributed by atoms with Gasteiger partial charge in [-0.25, -0.2) is 17.5 Å². The highest BCUT2D eigenvalue weighted by Crippen LogP contribution is 2.21. The summed E-state index contributed by atoms with van der Waals surface area (Å²) < 4.78 is 29.6. The zero-order chi connectivity index (χ0) is 15.6. The van der Waals surface area contributed by atoms with Crippen molar-refractivity contribution in [2.45, 2.75) is 43.9 Å². The second-order valence-electron chi connectivity index (χ2n) is 5.50. The zero-order valence-electron chi connectivity index (χ0n) is 11.8. The molecule has 21 heavy (non-hydrogen) atoms. The van der Waals surface area contributed by atoms with E-state index < -0.39 is 28.2 Å². The van der Waals surface area contributed by atoms with Crippen LogP contribution in [0.15, 0.2) is 0 Å². The average Bonchev–Trinajstić information content (AvgIpc) is 2.88. The summed E-state index contributed by atoms with van der Waals surface area (Å²) in [5.41, 5.74) is 0. The van der Waals surface area contributed by atoms with Crippen LogP contribution in [-0.4, -0.2) is 67.3 Å². The van der Waals surface area contributed by atoms with E-state index in [1.54, 1.807) is 0 Å². The van der Waals surface area contributed by atoms with E-state index >= 15 is 0 Å². The van der Waals surface area contributed by atoms with E-state index in [9.17, 15) is 18.0 Å². The van der Waals surface area contributed by atoms with Crippen molar-refractivity contribution >= 4 is 21.9 Å². The molecule has 2 fully saturated rings. The summed E-state index contributed by atoms with van der Waals surface area (Å²) in [6.45, 7) is 0.714. The molecule has 2 rings (SSSR count). The minimum atomic E-state index is -3.26. The lowest BCUT2D eigenvalue weighted by molar-refractivity contribution is -0.152. The highest BCUT2D eigenvalue weighted by Gasteiger charge is 2.36. The van der Waals surface area contributed by atoms with Crippen LogP contribution in [0, 0.1) is 0 Å². The number of carboxylic acid groups (broad SMARTS) is 1. The Bertz CT molecular complexity index is 520. The van der Waals surface area contributed by atoms with Crippen molar-refractivity contribution in [2.75, 3.05) is 19.3 Å². The lowest BCUT2D eigenvalue weighted by Crippen LogP contribution is -2.51. The topological polar surface area (TPSA) is 113 Å². The number of sulfonamides is 1. The molecule has 0 saturated carbocycles. The first kappa shape index (κ1) is 16.2. The molecule has 2 heterocycles. The minimum Gasteiger partial charge on any atom is -0.479 e. The Morgan fingerprint density at radius 3 is 2.48 bits per heavy atom.